The topological polar surface area (TPSA) is 64.9 Å². The van der Waals surface area contributed by atoms with Crippen LogP contribution in [-0.2, 0) is 6.54 Å². The number of anilines is 1. The van der Waals surface area contributed by atoms with Crippen molar-refractivity contribution in [1.82, 2.24) is 19.7 Å². The number of aryl methyl sites for hydroxylation is 1. The summed E-state index contributed by atoms with van der Waals surface area (Å²) < 4.78 is 7.32. The third-order valence-corrected chi connectivity index (χ3v) is 3.76. The van der Waals surface area contributed by atoms with Gasteiger partial charge in [0.1, 0.15) is 11.0 Å². The molecule has 23 heavy (non-hydrogen) atoms. The molecule has 3 heterocycles. The van der Waals surface area contributed by atoms with E-state index in [2.05, 4.69) is 34.2 Å². The van der Waals surface area contributed by atoms with Crippen molar-refractivity contribution >= 4 is 16.7 Å². The lowest BCUT2D eigenvalue weighted by Gasteiger charge is -2.13. The number of nitrogens with one attached hydrogen (secondary N) is 1. The van der Waals surface area contributed by atoms with Crippen LogP contribution in [0.15, 0.2) is 30.6 Å². The van der Waals surface area contributed by atoms with Crippen LogP contribution in [0.2, 0.25) is 0 Å². The van der Waals surface area contributed by atoms with E-state index in [0.29, 0.717) is 12.4 Å². The van der Waals surface area contributed by atoms with E-state index < -0.39 is 0 Å². The van der Waals surface area contributed by atoms with Gasteiger partial charge >= 0.3 is 0 Å². The Morgan fingerprint density at radius 2 is 2.04 bits per heavy atom. The van der Waals surface area contributed by atoms with Crippen LogP contribution in [0.5, 0.6) is 5.88 Å². The zero-order valence-corrected chi connectivity index (χ0v) is 13.9. The second-order valence-electron chi connectivity index (χ2n) is 5.70. The maximum atomic E-state index is 5.31. The Morgan fingerprint density at radius 1 is 1.22 bits per heavy atom. The summed E-state index contributed by atoms with van der Waals surface area (Å²) in [4.78, 5) is 8.70. The quantitative estimate of drug-likeness (QED) is 0.783. The zero-order chi connectivity index (χ0) is 16.4. The van der Waals surface area contributed by atoms with Crippen LogP contribution in [0.4, 0.5) is 5.69 Å². The predicted octanol–water partition coefficient (Wildman–Crippen LogP) is 3.34. The van der Waals surface area contributed by atoms with E-state index in [-0.39, 0.29) is 6.04 Å². The molecular weight excluding hydrogens is 290 g/mol. The Bertz CT molecular complexity index is 825. The molecule has 3 aromatic rings. The first-order chi connectivity index (χ1) is 11.1. The summed E-state index contributed by atoms with van der Waals surface area (Å²) >= 11 is 0. The van der Waals surface area contributed by atoms with Crippen molar-refractivity contribution < 1.29 is 4.74 Å². The van der Waals surface area contributed by atoms with Gasteiger partial charge in [-0.15, -0.1) is 0 Å². The number of rotatable bonds is 5. The van der Waals surface area contributed by atoms with Gasteiger partial charge in [0.15, 0.2) is 0 Å². The minimum atomic E-state index is 0.267. The van der Waals surface area contributed by atoms with Gasteiger partial charge in [-0.2, -0.15) is 5.10 Å². The van der Waals surface area contributed by atoms with Crippen molar-refractivity contribution in [2.45, 2.75) is 33.4 Å². The lowest BCUT2D eigenvalue weighted by molar-refractivity contribution is 0.393. The minimum Gasteiger partial charge on any atom is -0.481 e. The molecule has 120 valence electrons. The molecule has 0 bridgehead atoms. The van der Waals surface area contributed by atoms with Crippen LogP contribution in [0.3, 0.4) is 0 Å². The summed E-state index contributed by atoms with van der Waals surface area (Å²) in [5.74, 6) is 0.638. The molecule has 1 N–H and O–H groups in total. The molecule has 0 radical (unpaired) electrons. The van der Waals surface area contributed by atoms with Crippen molar-refractivity contribution in [3.63, 3.8) is 0 Å². The van der Waals surface area contributed by atoms with Crippen molar-refractivity contribution in [2.75, 3.05) is 12.4 Å². The van der Waals surface area contributed by atoms with E-state index in [1.807, 2.05) is 36.0 Å². The van der Waals surface area contributed by atoms with E-state index in [4.69, 9.17) is 4.74 Å². The van der Waals surface area contributed by atoms with Crippen molar-refractivity contribution in [2.24, 2.45) is 0 Å². The Labute approximate surface area is 135 Å². The zero-order valence-electron chi connectivity index (χ0n) is 13.9. The normalized spacial score (nSPS) is 11.2. The third kappa shape index (κ3) is 2.84. The van der Waals surface area contributed by atoms with Crippen molar-refractivity contribution in [3.8, 4) is 5.88 Å². The van der Waals surface area contributed by atoms with Crippen molar-refractivity contribution in [3.05, 3.63) is 41.9 Å². The standard InChI is InChI=1S/C17H21N5O/c1-11(2)22-16-14(7-9-18-15(16)12(3)21-22)20-10-13-6-5-8-19-17(13)23-4/h5-9,11H,10H2,1-4H3,(H,18,20). The fourth-order valence-corrected chi connectivity index (χ4v) is 2.66. The van der Waals surface area contributed by atoms with E-state index in [9.17, 15) is 0 Å². The van der Waals surface area contributed by atoms with E-state index in [0.717, 1.165) is 28.0 Å². The highest BCUT2D eigenvalue weighted by Crippen LogP contribution is 2.27. The van der Waals surface area contributed by atoms with Crippen LogP contribution in [0.25, 0.3) is 11.0 Å². The fraction of sp³-hybridized carbons (Fsp3) is 0.353. The molecule has 6 nitrogen and oxygen atoms in total. The van der Waals surface area contributed by atoms with Crippen LogP contribution >= 0.6 is 0 Å². The number of pyridine rings is 2. The highest BCUT2D eigenvalue weighted by molar-refractivity contribution is 5.89. The summed E-state index contributed by atoms with van der Waals surface area (Å²) in [5, 5.41) is 8.08. The number of nitrogens with zero attached hydrogens (tertiary/aromatic N) is 4. The Balaban J connectivity index is 1.97. The Kier molecular flexibility index (Phi) is 4.14. The first kappa shape index (κ1) is 15.3. The average Bonchev–Trinajstić information content (AvgIpc) is 2.91. The lowest BCUT2D eigenvalue weighted by Crippen LogP contribution is -2.07. The number of aromatic nitrogens is 4. The summed E-state index contributed by atoms with van der Waals surface area (Å²) in [5.41, 5.74) is 4.92. The van der Waals surface area contributed by atoms with Gasteiger partial charge in [0, 0.05) is 30.5 Å². The molecule has 0 spiro atoms. The summed E-state index contributed by atoms with van der Waals surface area (Å²) in [6.45, 7) is 6.85. The second-order valence-corrected chi connectivity index (χ2v) is 5.70. The molecule has 0 saturated carbocycles. The number of methoxy groups -OCH3 is 1. The van der Waals surface area contributed by atoms with Gasteiger partial charge in [0.2, 0.25) is 5.88 Å². The van der Waals surface area contributed by atoms with Gasteiger partial charge in [-0.3, -0.25) is 9.67 Å². The van der Waals surface area contributed by atoms with Gasteiger partial charge in [0.05, 0.1) is 18.5 Å². The van der Waals surface area contributed by atoms with Crippen LogP contribution in [-0.4, -0.2) is 26.9 Å². The first-order valence-corrected chi connectivity index (χ1v) is 7.67. The second kappa shape index (κ2) is 6.24. The van der Waals surface area contributed by atoms with E-state index >= 15 is 0 Å². The summed E-state index contributed by atoms with van der Waals surface area (Å²) in [6.07, 6.45) is 3.54. The smallest absolute Gasteiger partial charge is 0.218 e. The molecule has 3 rings (SSSR count). The third-order valence-electron chi connectivity index (χ3n) is 3.76. The monoisotopic (exact) mass is 311 g/mol. The maximum Gasteiger partial charge on any atom is 0.218 e. The first-order valence-electron chi connectivity index (χ1n) is 7.67. The molecule has 0 aliphatic carbocycles. The molecule has 0 atom stereocenters. The Morgan fingerprint density at radius 3 is 2.78 bits per heavy atom. The Hall–Kier alpha value is -2.63. The van der Waals surface area contributed by atoms with Gasteiger partial charge in [-0.05, 0) is 32.9 Å². The fourth-order valence-electron chi connectivity index (χ4n) is 2.66. The number of hydrogen-bond acceptors (Lipinski definition) is 5. The minimum absolute atomic E-state index is 0.267. The van der Waals surface area contributed by atoms with Crippen LogP contribution < -0.4 is 10.1 Å². The molecule has 0 unspecified atom stereocenters. The molecule has 0 saturated heterocycles. The number of fused-ring (bicyclic) bond motifs is 1. The van der Waals surface area contributed by atoms with Gasteiger partial charge in [-0.25, -0.2) is 4.98 Å². The summed E-state index contributed by atoms with van der Waals surface area (Å²) in [6, 6.07) is 6.15. The maximum absolute atomic E-state index is 5.31. The molecule has 0 aliphatic rings. The molecular formula is C17H21N5O. The highest BCUT2D eigenvalue weighted by atomic mass is 16.5. The number of ether oxygens (including phenoxy) is 1. The molecule has 0 aliphatic heterocycles. The SMILES string of the molecule is COc1ncccc1CNc1ccnc2c(C)nn(C(C)C)c12. The predicted molar refractivity (Wildman–Crippen MR) is 90.8 cm³/mol. The highest BCUT2D eigenvalue weighted by Gasteiger charge is 2.15. The molecule has 6 heteroatoms. The molecule has 3 aromatic heterocycles. The van der Waals surface area contributed by atoms with Gasteiger partial charge in [0.25, 0.3) is 0 Å². The lowest BCUT2D eigenvalue weighted by atomic mass is 10.2. The largest absolute Gasteiger partial charge is 0.481 e. The average molecular weight is 311 g/mol. The summed E-state index contributed by atoms with van der Waals surface area (Å²) in [7, 11) is 1.63. The van der Waals surface area contributed by atoms with Crippen molar-refractivity contribution in [1.29, 1.82) is 0 Å². The molecule has 0 aromatic carbocycles. The van der Waals surface area contributed by atoms with Crippen LogP contribution in [0, 0.1) is 6.92 Å². The van der Waals surface area contributed by atoms with E-state index in [1.165, 1.54) is 0 Å². The van der Waals surface area contributed by atoms with Gasteiger partial charge in [-0.1, -0.05) is 6.07 Å². The van der Waals surface area contributed by atoms with E-state index in [1.54, 1.807) is 13.3 Å². The molecule has 0 amide bonds. The van der Waals surface area contributed by atoms with Gasteiger partial charge < -0.3 is 10.1 Å². The number of hydrogen-bond donors (Lipinski definition) is 1. The van der Waals surface area contributed by atoms with Crippen LogP contribution in [0.1, 0.15) is 31.1 Å². The molecule has 0 fully saturated rings.